The summed E-state index contributed by atoms with van der Waals surface area (Å²) in [5.74, 6) is -0.976. The number of ether oxygens (including phenoxy) is 1. The Labute approximate surface area is 126 Å². The second kappa shape index (κ2) is 9.00. The summed E-state index contributed by atoms with van der Waals surface area (Å²) in [6.45, 7) is 4.97. The lowest BCUT2D eigenvalue weighted by atomic mass is 9.95. The Kier molecular flexibility index (Phi) is 6.95. The van der Waals surface area contributed by atoms with Gasteiger partial charge in [-0.1, -0.05) is 19.3 Å². The lowest BCUT2D eigenvalue weighted by Crippen LogP contribution is -2.45. The molecule has 2 N–H and O–H groups in total. The number of amides is 2. The summed E-state index contributed by atoms with van der Waals surface area (Å²) in [4.78, 5) is 25.8. The van der Waals surface area contributed by atoms with Crippen molar-refractivity contribution in [1.82, 2.24) is 15.5 Å². The van der Waals surface area contributed by atoms with Crippen LogP contribution >= 0.6 is 0 Å². The predicted octanol–water partition coefficient (Wildman–Crippen LogP) is 0.274. The molecule has 1 aliphatic heterocycles. The second-order valence-corrected chi connectivity index (χ2v) is 5.87. The van der Waals surface area contributed by atoms with Crippen LogP contribution in [0.4, 0.5) is 0 Å². The first-order chi connectivity index (χ1) is 10.3. The smallest absolute Gasteiger partial charge is 0.309 e. The van der Waals surface area contributed by atoms with Crippen LogP contribution in [0, 0.1) is 0 Å². The van der Waals surface area contributed by atoms with Gasteiger partial charge in [-0.25, -0.2) is 0 Å². The number of nitrogens with zero attached hydrogens (tertiary/aromatic N) is 1. The molecular weight excluding hydrogens is 270 g/mol. The van der Waals surface area contributed by atoms with Crippen LogP contribution in [0.15, 0.2) is 0 Å². The Morgan fingerprint density at radius 1 is 1.05 bits per heavy atom. The van der Waals surface area contributed by atoms with Crippen LogP contribution in [-0.2, 0) is 14.3 Å². The number of carbonyl (C=O) groups is 2. The van der Waals surface area contributed by atoms with Crippen molar-refractivity contribution >= 4 is 11.8 Å². The minimum Gasteiger partial charge on any atom is -0.379 e. The molecule has 0 unspecified atom stereocenters. The first kappa shape index (κ1) is 16.2. The van der Waals surface area contributed by atoms with E-state index in [-0.39, 0.29) is 6.04 Å². The minimum atomic E-state index is -0.498. The monoisotopic (exact) mass is 297 g/mol. The quantitative estimate of drug-likeness (QED) is 0.565. The number of hydrogen-bond donors (Lipinski definition) is 2. The number of rotatable bonds is 5. The molecule has 0 aromatic carbocycles. The maximum absolute atomic E-state index is 11.8. The van der Waals surface area contributed by atoms with Gasteiger partial charge in [0.15, 0.2) is 0 Å². The van der Waals surface area contributed by atoms with Crippen molar-refractivity contribution in [3.63, 3.8) is 0 Å². The van der Waals surface area contributed by atoms with Gasteiger partial charge in [0.2, 0.25) is 0 Å². The van der Waals surface area contributed by atoms with E-state index in [1.54, 1.807) is 0 Å². The van der Waals surface area contributed by atoms with E-state index in [1.165, 1.54) is 6.42 Å². The van der Waals surface area contributed by atoms with Gasteiger partial charge in [-0.15, -0.1) is 0 Å². The van der Waals surface area contributed by atoms with Crippen molar-refractivity contribution in [1.29, 1.82) is 0 Å². The standard InChI is InChI=1S/C15H27N3O3/c19-14(15(20)17-13-5-2-1-3-6-13)16-7-4-8-18-9-11-21-12-10-18/h13H,1-12H2,(H,16,19)(H,17,20). The highest BCUT2D eigenvalue weighted by Crippen LogP contribution is 2.17. The van der Waals surface area contributed by atoms with Crippen molar-refractivity contribution in [3.05, 3.63) is 0 Å². The van der Waals surface area contributed by atoms with E-state index in [0.29, 0.717) is 6.54 Å². The first-order valence-electron chi connectivity index (χ1n) is 8.14. The van der Waals surface area contributed by atoms with Gasteiger partial charge in [-0.2, -0.15) is 0 Å². The fourth-order valence-corrected chi connectivity index (χ4v) is 2.91. The third kappa shape index (κ3) is 6.01. The molecule has 1 aliphatic carbocycles. The molecule has 21 heavy (non-hydrogen) atoms. The Hall–Kier alpha value is -1.14. The average molecular weight is 297 g/mol. The van der Waals surface area contributed by atoms with Crippen LogP contribution in [0.25, 0.3) is 0 Å². The van der Waals surface area contributed by atoms with Crippen molar-refractivity contribution < 1.29 is 14.3 Å². The van der Waals surface area contributed by atoms with Gasteiger partial charge in [0.1, 0.15) is 0 Å². The summed E-state index contributed by atoms with van der Waals surface area (Å²) >= 11 is 0. The topological polar surface area (TPSA) is 70.7 Å². The first-order valence-corrected chi connectivity index (χ1v) is 8.14. The number of hydrogen-bond acceptors (Lipinski definition) is 4. The zero-order valence-corrected chi connectivity index (χ0v) is 12.7. The Balaban J connectivity index is 1.54. The molecule has 2 rings (SSSR count). The molecule has 0 radical (unpaired) electrons. The third-order valence-electron chi connectivity index (χ3n) is 4.19. The van der Waals surface area contributed by atoms with Crippen LogP contribution < -0.4 is 10.6 Å². The Morgan fingerprint density at radius 3 is 2.48 bits per heavy atom. The number of nitrogens with one attached hydrogen (secondary N) is 2. The molecule has 0 atom stereocenters. The van der Waals surface area contributed by atoms with Crippen LogP contribution in [0.5, 0.6) is 0 Å². The molecule has 2 aliphatic rings. The lowest BCUT2D eigenvalue weighted by molar-refractivity contribution is -0.139. The summed E-state index contributed by atoms with van der Waals surface area (Å²) in [5.41, 5.74) is 0. The summed E-state index contributed by atoms with van der Waals surface area (Å²) in [6, 6.07) is 0.186. The highest BCUT2D eigenvalue weighted by Gasteiger charge is 2.20. The van der Waals surface area contributed by atoms with E-state index in [9.17, 15) is 9.59 Å². The van der Waals surface area contributed by atoms with Crippen molar-refractivity contribution in [2.75, 3.05) is 39.4 Å². The molecule has 2 amide bonds. The van der Waals surface area contributed by atoms with E-state index in [4.69, 9.17) is 4.74 Å². The minimum absolute atomic E-state index is 0.186. The summed E-state index contributed by atoms with van der Waals surface area (Å²) in [7, 11) is 0. The van der Waals surface area contributed by atoms with Crippen LogP contribution in [0.3, 0.4) is 0 Å². The molecule has 1 saturated heterocycles. The molecule has 1 heterocycles. The van der Waals surface area contributed by atoms with Gasteiger partial charge in [0, 0.05) is 25.7 Å². The van der Waals surface area contributed by atoms with Gasteiger partial charge in [-0.3, -0.25) is 14.5 Å². The highest BCUT2D eigenvalue weighted by atomic mass is 16.5. The molecule has 120 valence electrons. The van der Waals surface area contributed by atoms with E-state index in [2.05, 4.69) is 15.5 Å². The van der Waals surface area contributed by atoms with Gasteiger partial charge in [0.25, 0.3) is 0 Å². The maximum Gasteiger partial charge on any atom is 0.309 e. The third-order valence-corrected chi connectivity index (χ3v) is 4.19. The van der Waals surface area contributed by atoms with Gasteiger partial charge < -0.3 is 15.4 Å². The SMILES string of the molecule is O=C(NCCCN1CCOCC1)C(=O)NC1CCCCC1. The van der Waals surface area contributed by atoms with E-state index in [0.717, 1.165) is 65.0 Å². The average Bonchev–Trinajstić information content (AvgIpc) is 2.53. The Morgan fingerprint density at radius 2 is 1.76 bits per heavy atom. The van der Waals surface area contributed by atoms with E-state index in [1.807, 2.05) is 0 Å². The fourth-order valence-electron chi connectivity index (χ4n) is 2.91. The highest BCUT2D eigenvalue weighted by molar-refractivity contribution is 6.35. The molecule has 6 heteroatoms. The second-order valence-electron chi connectivity index (χ2n) is 5.87. The van der Waals surface area contributed by atoms with Gasteiger partial charge in [0.05, 0.1) is 13.2 Å². The molecule has 2 fully saturated rings. The van der Waals surface area contributed by atoms with Crippen molar-refractivity contribution in [2.45, 2.75) is 44.6 Å². The molecule has 0 aromatic heterocycles. The van der Waals surface area contributed by atoms with E-state index < -0.39 is 11.8 Å². The summed E-state index contributed by atoms with van der Waals surface area (Å²) in [6.07, 6.45) is 6.38. The van der Waals surface area contributed by atoms with Crippen LogP contribution in [0.2, 0.25) is 0 Å². The molecule has 6 nitrogen and oxygen atoms in total. The number of morpholine rings is 1. The molecule has 0 spiro atoms. The normalized spacial score (nSPS) is 21.0. The summed E-state index contributed by atoms with van der Waals surface area (Å²) in [5, 5.41) is 5.53. The van der Waals surface area contributed by atoms with Crippen molar-refractivity contribution in [3.8, 4) is 0 Å². The van der Waals surface area contributed by atoms with Crippen LogP contribution in [0.1, 0.15) is 38.5 Å². The Bertz CT molecular complexity index is 337. The lowest BCUT2D eigenvalue weighted by Gasteiger charge is -2.26. The maximum atomic E-state index is 11.8. The zero-order valence-electron chi connectivity index (χ0n) is 12.7. The predicted molar refractivity (Wildman–Crippen MR) is 79.9 cm³/mol. The number of carbonyl (C=O) groups excluding carboxylic acids is 2. The molecule has 1 saturated carbocycles. The van der Waals surface area contributed by atoms with E-state index >= 15 is 0 Å². The van der Waals surface area contributed by atoms with Gasteiger partial charge in [-0.05, 0) is 25.8 Å². The largest absolute Gasteiger partial charge is 0.379 e. The molecular formula is C15H27N3O3. The van der Waals surface area contributed by atoms with Crippen LogP contribution in [-0.4, -0.2) is 62.1 Å². The zero-order chi connectivity index (χ0) is 14.9. The van der Waals surface area contributed by atoms with Gasteiger partial charge >= 0.3 is 11.8 Å². The molecule has 0 aromatic rings. The molecule has 0 bridgehead atoms. The fraction of sp³-hybridized carbons (Fsp3) is 0.867. The van der Waals surface area contributed by atoms with Crippen molar-refractivity contribution in [2.24, 2.45) is 0 Å². The summed E-state index contributed by atoms with van der Waals surface area (Å²) < 4.78 is 5.28.